The maximum atomic E-state index is 6.47. The smallest absolute Gasteiger partial charge is 0.135 e. The van der Waals surface area contributed by atoms with Crippen molar-refractivity contribution >= 4 is 43.1 Å². The van der Waals surface area contributed by atoms with Gasteiger partial charge in [0.15, 0.2) is 0 Å². The first-order chi connectivity index (χ1) is 23.3. The molecular formula is C46H28O. The normalized spacial score (nSPS) is 12.0. The Morgan fingerprint density at radius 2 is 0.830 bits per heavy atom. The van der Waals surface area contributed by atoms with Crippen molar-refractivity contribution in [1.29, 1.82) is 0 Å². The zero-order valence-electron chi connectivity index (χ0n) is 25.6. The van der Waals surface area contributed by atoms with Crippen molar-refractivity contribution in [2.24, 2.45) is 0 Å². The molecule has 0 amide bonds. The van der Waals surface area contributed by atoms with Crippen molar-refractivity contribution in [1.82, 2.24) is 0 Å². The molecule has 0 saturated heterocycles. The van der Waals surface area contributed by atoms with Crippen LogP contribution < -0.4 is 4.74 Å². The summed E-state index contributed by atoms with van der Waals surface area (Å²) in [5, 5.41) is 9.88. The molecule has 0 N–H and O–H groups in total. The molecule has 0 fully saturated rings. The van der Waals surface area contributed by atoms with Crippen LogP contribution in [0.2, 0.25) is 0 Å². The van der Waals surface area contributed by atoms with Gasteiger partial charge in [-0.3, -0.25) is 0 Å². The van der Waals surface area contributed by atoms with Crippen LogP contribution in [0.25, 0.3) is 87.6 Å². The summed E-state index contributed by atoms with van der Waals surface area (Å²) in [4.78, 5) is 0. The molecule has 1 heteroatoms. The molecule has 0 spiro atoms. The average molecular weight is 597 g/mol. The predicted octanol–water partition coefficient (Wildman–Crippen LogP) is 13.1. The summed E-state index contributed by atoms with van der Waals surface area (Å²) in [5.41, 5.74) is 9.75. The Bertz CT molecular complexity index is 2650. The highest BCUT2D eigenvalue weighted by molar-refractivity contribution is 6.22. The maximum absolute atomic E-state index is 6.47. The summed E-state index contributed by atoms with van der Waals surface area (Å²) in [5.74, 6) is 1.82. The second-order valence-electron chi connectivity index (χ2n) is 12.4. The van der Waals surface area contributed by atoms with E-state index in [0.29, 0.717) is 0 Å². The molecule has 0 bridgehead atoms. The van der Waals surface area contributed by atoms with Gasteiger partial charge < -0.3 is 4.74 Å². The molecule has 1 nitrogen and oxygen atoms in total. The van der Waals surface area contributed by atoms with Crippen molar-refractivity contribution < 1.29 is 4.74 Å². The lowest BCUT2D eigenvalue weighted by atomic mass is 9.84. The Morgan fingerprint density at radius 3 is 1.55 bits per heavy atom. The highest BCUT2D eigenvalue weighted by atomic mass is 16.5. The molecule has 218 valence electrons. The number of ether oxygens (including phenoxy) is 1. The van der Waals surface area contributed by atoms with E-state index in [1.807, 2.05) is 0 Å². The second-order valence-corrected chi connectivity index (χ2v) is 12.4. The first kappa shape index (κ1) is 26.1. The number of fused-ring (bicyclic) bond motifs is 5. The number of rotatable bonds is 3. The first-order valence-electron chi connectivity index (χ1n) is 16.2. The Hall–Kier alpha value is -6.18. The van der Waals surface area contributed by atoms with E-state index >= 15 is 0 Å². The molecule has 1 heterocycles. The summed E-state index contributed by atoms with van der Waals surface area (Å²) in [6, 6.07) is 61.6. The van der Waals surface area contributed by atoms with Crippen LogP contribution in [-0.4, -0.2) is 0 Å². The molecule has 47 heavy (non-hydrogen) atoms. The molecule has 1 aliphatic rings. The predicted molar refractivity (Wildman–Crippen MR) is 198 cm³/mol. The van der Waals surface area contributed by atoms with Gasteiger partial charge in [0.05, 0.1) is 0 Å². The van der Waals surface area contributed by atoms with Crippen molar-refractivity contribution in [3.8, 4) is 56.0 Å². The Balaban J connectivity index is 1.22. The molecule has 0 atom stereocenters. The van der Waals surface area contributed by atoms with E-state index in [1.165, 1.54) is 82.0 Å². The Labute approximate surface area is 272 Å². The van der Waals surface area contributed by atoms with Crippen LogP contribution in [0.15, 0.2) is 170 Å². The van der Waals surface area contributed by atoms with Crippen molar-refractivity contribution in [3.63, 3.8) is 0 Å². The van der Waals surface area contributed by atoms with E-state index in [0.717, 1.165) is 17.1 Å². The number of benzene rings is 9. The van der Waals surface area contributed by atoms with E-state index in [2.05, 4.69) is 170 Å². The summed E-state index contributed by atoms with van der Waals surface area (Å²) < 4.78 is 6.47. The van der Waals surface area contributed by atoms with E-state index in [4.69, 9.17) is 4.74 Å². The highest BCUT2D eigenvalue weighted by Gasteiger charge is 2.22. The monoisotopic (exact) mass is 596 g/mol. The van der Waals surface area contributed by atoms with Crippen LogP contribution in [0.1, 0.15) is 0 Å². The molecule has 9 aromatic rings. The zero-order chi connectivity index (χ0) is 30.9. The highest BCUT2D eigenvalue weighted by Crippen LogP contribution is 2.50. The summed E-state index contributed by atoms with van der Waals surface area (Å²) in [7, 11) is 0. The van der Waals surface area contributed by atoms with Crippen LogP contribution >= 0.6 is 0 Å². The fraction of sp³-hybridized carbons (Fsp3) is 0. The van der Waals surface area contributed by atoms with Gasteiger partial charge in [-0.05, 0) is 101 Å². The quantitative estimate of drug-likeness (QED) is 0.184. The molecule has 0 aromatic heterocycles. The van der Waals surface area contributed by atoms with Crippen molar-refractivity contribution in [2.75, 3.05) is 0 Å². The topological polar surface area (TPSA) is 9.23 Å². The van der Waals surface area contributed by atoms with Crippen molar-refractivity contribution in [3.05, 3.63) is 170 Å². The minimum atomic E-state index is 0.899. The summed E-state index contributed by atoms with van der Waals surface area (Å²) in [6.07, 6.45) is 0. The summed E-state index contributed by atoms with van der Waals surface area (Å²) >= 11 is 0. The van der Waals surface area contributed by atoms with Crippen LogP contribution in [-0.2, 0) is 0 Å². The third kappa shape index (κ3) is 3.97. The van der Waals surface area contributed by atoms with Gasteiger partial charge in [0.25, 0.3) is 0 Å². The van der Waals surface area contributed by atoms with E-state index in [-0.39, 0.29) is 0 Å². The third-order valence-corrected chi connectivity index (χ3v) is 9.83. The van der Waals surface area contributed by atoms with Gasteiger partial charge >= 0.3 is 0 Å². The number of hydrogen-bond donors (Lipinski definition) is 0. The minimum absolute atomic E-state index is 0.899. The molecular weight excluding hydrogens is 569 g/mol. The van der Waals surface area contributed by atoms with Gasteiger partial charge in [0.1, 0.15) is 11.5 Å². The van der Waals surface area contributed by atoms with Gasteiger partial charge in [-0.25, -0.2) is 0 Å². The van der Waals surface area contributed by atoms with Gasteiger partial charge in [0, 0.05) is 10.9 Å². The molecule has 1 aliphatic heterocycles. The standard InChI is InChI=1S/C46H28O/c1-2-17-34-29(11-1)12-8-22-35(34)31-15-7-16-32(27-31)44-36-18-3-5-20-38(36)45(39-21-6-4-19-37(39)44)33-25-26-42-41(28-33)40-23-9-13-30-14-10-24-43(47-42)46(30)40/h1-28H. The Kier molecular flexibility index (Phi) is 5.64. The third-order valence-electron chi connectivity index (χ3n) is 9.83. The van der Waals surface area contributed by atoms with Gasteiger partial charge in [-0.1, -0.05) is 146 Å². The lowest BCUT2D eigenvalue weighted by molar-refractivity contribution is 0.487. The minimum Gasteiger partial charge on any atom is -0.456 e. The van der Waals surface area contributed by atoms with Crippen LogP contribution in [0.4, 0.5) is 0 Å². The van der Waals surface area contributed by atoms with Gasteiger partial charge in [-0.15, -0.1) is 0 Å². The van der Waals surface area contributed by atoms with E-state index < -0.39 is 0 Å². The fourth-order valence-corrected chi connectivity index (χ4v) is 7.79. The first-order valence-corrected chi connectivity index (χ1v) is 16.2. The van der Waals surface area contributed by atoms with Crippen LogP contribution in [0, 0.1) is 0 Å². The Morgan fingerprint density at radius 1 is 0.298 bits per heavy atom. The maximum Gasteiger partial charge on any atom is 0.135 e. The zero-order valence-corrected chi connectivity index (χ0v) is 25.6. The van der Waals surface area contributed by atoms with Crippen LogP contribution in [0.5, 0.6) is 11.5 Å². The summed E-state index contributed by atoms with van der Waals surface area (Å²) in [6.45, 7) is 0. The molecule has 0 radical (unpaired) electrons. The lowest BCUT2D eigenvalue weighted by Gasteiger charge is -2.23. The van der Waals surface area contributed by atoms with Gasteiger partial charge in [-0.2, -0.15) is 0 Å². The average Bonchev–Trinajstić information content (AvgIpc) is 3.14. The van der Waals surface area contributed by atoms with E-state index in [1.54, 1.807) is 0 Å². The van der Waals surface area contributed by atoms with Crippen LogP contribution in [0.3, 0.4) is 0 Å². The van der Waals surface area contributed by atoms with Gasteiger partial charge in [0.2, 0.25) is 0 Å². The molecule has 0 aliphatic carbocycles. The SMILES string of the molecule is c1cc(-c2cccc3ccccc23)cc(-c2c3ccccc3c(-c3ccc4c(c3)-c3cccc5cccc(c35)O4)c3ccccc23)c1. The van der Waals surface area contributed by atoms with E-state index in [9.17, 15) is 0 Å². The van der Waals surface area contributed by atoms with Crippen molar-refractivity contribution in [2.45, 2.75) is 0 Å². The number of hydrogen-bond acceptors (Lipinski definition) is 1. The largest absolute Gasteiger partial charge is 0.456 e. The molecule has 9 aromatic carbocycles. The molecule has 10 rings (SSSR count). The fourth-order valence-electron chi connectivity index (χ4n) is 7.79. The molecule has 0 unspecified atom stereocenters. The second kappa shape index (κ2) is 10.2. The lowest BCUT2D eigenvalue weighted by Crippen LogP contribution is -1.98. The molecule has 0 saturated carbocycles.